The van der Waals surface area contributed by atoms with Crippen LogP contribution < -0.4 is 0 Å². The number of hydrogen-bond acceptors (Lipinski definition) is 2. The van der Waals surface area contributed by atoms with E-state index in [2.05, 4.69) is 11.8 Å². The third kappa shape index (κ3) is 2.28. The second-order valence-electron chi connectivity index (χ2n) is 1.95. The lowest BCUT2D eigenvalue weighted by Gasteiger charge is -1.98. The Morgan fingerprint density at radius 3 is 2.75 bits per heavy atom. The molecule has 0 saturated carbocycles. The molecule has 1 aliphatic rings. The van der Waals surface area contributed by atoms with E-state index in [4.69, 9.17) is 4.74 Å². The van der Waals surface area contributed by atoms with Gasteiger partial charge in [-0.25, -0.2) is 0 Å². The Labute approximate surface area is 50.4 Å². The lowest BCUT2D eigenvalue weighted by atomic mass is 10.7. The molecule has 47 valence electrons. The van der Waals surface area contributed by atoms with E-state index in [1.165, 1.54) is 13.1 Å². The Morgan fingerprint density at radius 2 is 2.25 bits per heavy atom. The highest BCUT2D eigenvalue weighted by atomic mass is 16.5. The van der Waals surface area contributed by atoms with Crippen molar-refractivity contribution in [3.8, 4) is 0 Å². The number of ether oxygens (including phenoxy) is 1. The summed E-state index contributed by atoms with van der Waals surface area (Å²) in [5.74, 6) is 0. The van der Waals surface area contributed by atoms with Crippen molar-refractivity contribution in [1.29, 1.82) is 0 Å². The molecule has 0 unspecified atom stereocenters. The minimum Gasteiger partial charge on any atom is -0.380 e. The maximum absolute atomic E-state index is 5.03. The van der Waals surface area contributed by atoms with Crippen LogP contribution in [0.15, 0.2) is 0 Å². The highest BCUT2D eigenvalue weighted by Gasteiger charge is 2.15. The molecule has 0 N–H and O–H groups in total. The van der Waals surface area contributed by atoms with Crippen molar-refractivity contribution in [2.75, 3.05) is 32.8 Å². The first-order chi connectivity index (χ1) is 3.93. The van der Waals surface area contributed by atoms with Crippen molar-refractivity contribution >= 4 is 0 Å². The molecular formula is C6H12NO. The van der Waals surface area contributed by atoms with Gasteiger partial charge in [-0.15, -0.1) is 0 Å². The molecule has 0 atom stereocenters. The molecular weight excluding hydrogens is 102 g/mol. The standard InChI is InChI=1S/C6H12NO/c1-2-8-6-5-7-3-4-7/h1-6H2. The molecule has 2 nitrogen and oxygen atoms in total. The van der Waals surface area contributed by atoms with Crippen LogP contribution in [-0.4, -0.2) is 37.7 Å². The molecule has 0 spiro atoms. The summed E-state index contributed by atoms with van der Waals surface area (Å²) < 4.78 is 5.03. The molecule has 0 aromatic rings. The van der Waals surface area contributed by atoms with Crippen molar-refractivity contribution in [2.45, 2.75) is 0 Å². The third-order valence-electron chi connectivity index (χ3n) is 1.24. The lowest BCUT2D eigenvalue weighted by Crippen LogP contribution is -2.07. The summed E-state index contributed by atoms with van der Waals surface area (Å²) in [6.07, 6.45) is 0. The first kappa shape index (κ1) is 6.05. The summed E-state index contributed by atoms with van der Waals surface area (Å²) >= 11 is 0. The smallest absolute Gasteiger partial charge is 0.0593 e. The monoisotopic (exact) mass is 114 g/mol. The first-order valence-electron chi connectivity index (χ1n) is 3.03. The van der Waals surface area contributed by atoms with E-state index < -0.39 is 0 Å². The Morgan fingerprint density at radius 1 is 1.50 bits per heavy atom. The highest BCUT2D eigenvalue weighted by Crippen LogP contribution is 2.00. The van der Waals surface area contributed by atoms with E-state index in [0.29, 0.717) is 6.61 Å². The first-order valence-corrected chi connectivity index (χ1v) is 3.03. The average Bonchev–Trinajstić information content (AvgIpc) is 2.51. The summed E-state index contributed by atoms with van der Waals surface area (Å²) in [6.45, 7) is 8.64. The van der Waals surface area contributed by atoms with E-state index in [1.54, 1.807) is 0 Å². The zero-order chi connectivity index (χ0) is 5.82. The van der Waals surface area contributed by atoms with Crippen LogP contribution in [0, 0.1) is 6.92 Å². The fourth-order valence-corrected chi connectivity index (χ4v) is 0.590. The van der Waals surface area contributed by atoms with Gasteiger partial charge < -0.3 is 4.74 Å². The van der Waals surface area contributed by atoms with Gasteiger partial charge in [0.1, 0.15) is 0 Å². The molecule has 1 saturated heterocycles. The molecule has 1 aliphatic heterocycles. The topological polar surface area (TPSA) is 12.2 Å². The van der Waals surface area contributed by atoms with E-state index in [-0.39, 0.29) is 0 Å². The molecule has 8 heavy (non-hydrogen) atoms. The van der Waals surface area contributed by atoms with Crippen molar-refractivity contribution in [3.05, 3.63) is 6.92 Å². The minimum atomic E-state index is 0.605. The summed E-state index contributed by atoms with van der Waals surface area (Å²) in [6, 6.07) is 0. The Hall–Kier alpha value is -0.0800. The van der Waals surface area contributed by atoms with Crippen LogP contribution in [0.1, 0.15) is 0 Å². The van der Waals surface area contributed by atoms with Gasteiger partial charge in [0.25, 0.3) is 0 Å². The van der Waals surface area contributed by atoms with Crippen LogP contribution in [0.5, 0.6) is 0 Å². The van der Waals surface area contributed by atoms with Crippen molar-refractivity contribution in [2.24, 2.45) is 0 Å². The molecule has 0 amide bonds. The molecule has 1 heterocycles. The van der Waals surface area contributed by atoms with Gasteiger partial charge in [-0.1, -0.05) is 0 Å². The second-order valence-corrected chi connectivity index (χ2v) is 1.95. The van der Waals surface area contributed by atoms with Gasteiger partial charge in [0, 0.05) is 26.2 Å². The van der Waals surface area contributed by atoms with Gasteiger partial charge in [0.2, 0.25) is 0 Å². The SMILES string of the molecule is [CH2]COCCN1CC1. The van der Waals surface area contributed by atoms with Crippen molar-refractivity contribution in [1.82, 2.24) is 4.90 Å². The Kier molecular flexibility index (Phi) is 2.30. The van der Waals surface area contributed by atoms with Gasteiger partial charge in [-0.3, -0.25) is 4.90 Å². The van der Waals surface area contributed by atoms with Crippen molar-refractivity contribution < 1.29 is 4.74 Å². The molecule has 0 aromatic carbocycles. The summed E-state index contributed by atoms with van der Waals surface area (Å²) in [4.78, 5) is 2.33. The van der Waals surface area contributed by atoms with Gasteiger partial charge in [-0.05, 0) is 6.92 Å². The van der Waals surface area contributed by atoms with E-state index in [1.807, 2.05) is 0 Å². The predicted octanol–water partition coefficient (Wildman–Crippen LogP) is 0.153. The van der Waals surface area contributed by atoms with Crippen LogP contribution in [0.3, 0.4) is 0 Å². The fourth-order valence-electron chi connectivity index (χ4n) is 0.590. The normalized spacial score (nSPS) is 19.1. The van der Waals surface area contributed by atoms with E-state index in [9.17, 15) is 0 Å². The van der Waals surface area contributed by atoms with Gasteiger partial charge in [0.05, 0.1) is 6.61 Å². The predicted molar refractivity (Wildman–Crippen MR) is 32.6 cm³/mol. The van der Waals surface area contributed by atoms with Crippen LogP contribution in [0.2, 0.25) is 0 Å². The van der Waals surface area contributed by atoms with Crippen LogP contribution in [0.25, 0.3) is 0 Å². The Bertz CT molecular complexity index is 61.5. The number of nitrogens with zero attached hydrogens (tertiary/aromatic N) is 1. The van der Waals surface area contributed by atoms with Gasteiger partial charge >= 0.3 is 0 Å². The fraction of sp³-hybridized carbons (Fsp3) is 0.833. The van der Waals surface area contributed by atoms with Crippen LogP contribution in [-0.2, 0) is 4.74 Å². The largest absolute Gasteiger partial charge is 0.380 e. The quantitative estimate of drug-likeness (QED) is 0.381. The zero-order valence-electron chi connectivity index (χ0n) is 5.10. The number of rotatable bonds is 4. The second kappa shape index (κ2) is 3.05. The molecule has 1 fully saturated rings. The molecule has 0 aromatic heterocycles. The van der Waals surface area contributed by atoms with Crippen LogP contribution in [0.4, 0.5) is 0 Å². The molecule has 0 aliphatic carbocycles. The van der Waals surface area contributed by atoms with Crippen LogP contribution >= 0.6 is 0 Å². The molecule has 2 heteroatoms. The van der Waals surface area contributed by atoms with Gasteiger partial charge in [0.15, 0.2) is 0 Å². The van der Waals surface area contributed by atoms with E-state index >= 15 is 0 Å². The molecule has 1 rings (SSSR count). The zero-order valence-corrected chi connectivity index (χ0v) is 5.10. The average molecular weight is 114 g/mol. The Balaban J connectivity index is 1.74. The lowest BCUT2D eigenvalue weighted by molar-refractivity contribution is 0.152. The summed E-state index contributed by atoms with van der Waals surface area (Å²) in [5.41, 5.74) is 0. The highest BCUT2D eigenvalue weighted by molar-refractivity contribution is 4.70. The van der Waals surface area contributed by atoms with Gasteiger partial charge in [-0.2, -0.15) is 0 Å². The van der Waals surface area contributed by atoms with Crippen molar-refractivity contribution in [3.63, 3.8) is 0 Å². The maximum atomic E-state index is 5.03. The number of hydrogen-bond donors (Lipinski definition) is 0. The van der Waals surface area contributed by atoms with E-state index in [0.717, 1.165) is 13.2 Å². The maximum Gasteiger partial charge on any atom is 0.0593 e. The molecule has 0 bridgehead atoms. The summed E-state index contributed by atoms with van der Waals surface area (Å²) in [7, 11) is 0. The summed E-state index contributed by atoms with van der Waals surface area (Å²) in [5, 5.41) is 0. The minimum absolute atomic E-state index is 0.605. The molecule has 1 radical (unpaired) electrons. The third-order valence-corrected chi connectivity index (χ3v) is 1.24.